The first kappa shape index (κ1) is 20.9. The normalized spacial score (nSPS) is 13.7. The molecule has 1 aliphatic rings. The van der Waals surface area contributed by atoms with E-state index in [4.69, 9.17) is 4.74 Å². The molecule has 0 radical (unpaired) electrons. The van der Waals surface area contributed by atoms with E-state index in [1.54, 1.807) is 18.7 Å². The summed E-state index contributed by atoms with van der Waals surface area (Å²) < 4.78 is 5.29. The SMILES string of the molecule is CCOC(=O)c1c(NC(=O)c2ccc(SC(C)C)cc2)sc2c1CCCCC2. The lowest BCUT2D eigenvalue weighted by Crippen LogP contribution is -2.15. The standard InChI is InChI=1S/C22H27NO3S2/c1-4-26-22(25)19-17-8-6-5-7-9-18(17)28-21(19)23-20(24)15-10-12-16(13-11-15)27-14(2)3/h10-14H,4-9H2,1-3H3,(H,23,24). The predicted octanol–water partition coefficient (Wildman–Crippen LogP) is 5.95. The molecular formula is C22H27NO3S2. The first-order valence-corrected chi connectivity index (χ1v) is 11.6. The Hall–Kier alpha value is -1.79. The number of thioether (sulfide) groups is 1. The molecule has 0 saturated carbocycles. The summed E-state index contributed by atoms with van der Waals surface area (Å²) in [6.45, 7) is 6.41. The van der Waals surface area contributed by atoms with Gasteiger partial charge in [-0.3, -0.25) is 4.79 Å². The van der Waals surface area contributed by atoms with Gasteiger partial charge in [-0.2, -0.15) is 0 Å². The summed E-state index contributed by atoms with van der Waals surface area (Å²) in [6, 6.07) is 7.61. The average molecular weight is 418 g/mol. The van der Waals surface area contributed by atoms with E-state index in [0.717, 1.165) is 36.1 Å². The summed E-state index contributed by atoms with van der Waals surface area (Å²) in [6.07, 6.45) is 5.20. The van der Waals surface area contributed by atoms with Crippen molar-refractivity contribution in [3.63, 3.8) is 0 Å². The van der Waals surface area contributed by atoms with Crippen LogP contribution in [-0.2, 0) is 17.6 Å². The molecule has 150 valence electrons. The molecule has 1 heterocycles. The van der Waals surface area contributed by atoms with Crippen molar-refractivity contribution >= 4 is 40.0 Å². The van der Waals surface area contributed by atoms with Crippen LogP contribution in [0, 0.1) is 0 Å². The maximum absolute atomic E-state index is 12.8. The van der Waals surface area contributed by atoms with Crippen molar-refractivity contribution < 1.29 is 14.3 Å². The number of rotatable bonds is 6. The molecule has 6 heteroatoms. The van der Waals surface area contributed by atoms with E-state index < -0.39 is 0 Å². The van der Waals surface area contributed by atoms with Crippen LogP contribution in [0.15, 0.2) is 29.2 Å². The largest absolute Gasteiger partial charge is 0.462 e. The van der Waals surface area contributed by atoms with Gasteiger partial charge in [-0.15, -0.1) is 23.1 Å². The Bertz CT molecular complexity index is 840. The van der Waals surface area contributed by atoms with Crippen LogP contribution in [0.1, 0.15) is 71.2 Å². The fraction of sp³-hybridized carbons (Fsp3) is 0.455. The molecule has 3 rings (SSSR count). The van der Waals surface area contributed by atoms with E-state index in [2.05, 4.69) is 19.2 Å². The molecule has 0 spiro atoms. The number of esters is 1. The second-order valence-corrected chi connectivity index (χ2v) is 9.89. The molecule has 1 N–H and O–H groups in total. The highest BCUT2D eigenvalue weighted by Crippen LogP contribution is 2.38. The molecule has 1 amide bonds. The molecule has 28 heavy (non-hydrogen) atoms. The minimum absolute atomic E-state index is 0.192. The Morgan fingerprint density at radius 2 is 1.86 bits per heavy atom. The molecule has 0 aliphatic heterocycles. The number of hydrogen-bond acceptors (Lipinski definition) is 5. The molecular weight excluding hydrogens is 390 g/mol. The molecule has 0 saturated heterocycles. The van der Waals surface area contributed by atoms with Gasteiger partial charge < -0.3 is 10.1 Å². The minimum atomic E-state index is -0.333. The number of carbonyl (C=O) groups is 2. The topological polar surface area (TPSA) is 55.4 Å². The van der Waals surface area contributed by atoms with Crippen molar-refractivity contribution in [3.05, 3.63) is 45.8 Å². The second-order valence-electron chi connectivity index (χ2n) is 7.13. The number of benzene rings is 1. The van der Waals surface area contributed by atoms with E-state index in [1.165, 1.54) is 22.6 Å². The Balaban J connectivity index is 1.84. The van der Waals surface area contributed by atoms with Gasteiger partial charge in [-0.1, -0.05) is 20.3 Å². The van der Waals surface area contributed by atoms with Gasteiger partial charge in [0.1, 0.15) is 5.00 Å². The van der Waals surface area contributed by atoms with Crippen molar-refractivity contribution in [1.29, 1.82) is 0 Å². The quantitative estimate of drug-likeness (QED) is 0.359. The number of thiophene rings is 1. The smallest absolute Gasteiger partial charge is 0.341 e. The lowest BCUT2D eigenvalue weighted by Gasteiger charge is -2.09. The van der Waals surface area contributed by atoms with Crippen LogP contribution in [0.5, 0.6) is 0 Å². The maximum Gasteiger partial charge on any atom is 0.341 e. The Kier molecular flexibility index (Phi) is 7.18. The van der Waals surface area contributed by atoms with E-state index in [1.807, 2.05) is 24.3 Å². The monoisotopic (exact) mass is 417 g/mol. The second kappa shape index (κ2) is 9.61. The van der Waals surface area contributed by atoms with Gasteiger partial charge in [0.15, 0.2) is 0 Å². The Morgan fingerprint density at radius 3 is 2.54 bits per heavy atom. The molecule has 4 nitrogen and oxygen atoms in total. The first-order chi connectivity index (χ1) is 13.5. The lowest BCUT2D eigenvalue weighted by atomic mass is 10.1. The Labute approximate surface area is 175 Å². The van der Waals surface area contributed by atoms with E-state index in [0.29, 0.717) is 28.0 Å². The third kappa shape index (κ3) is 4.97. The molecule has 2 aromatic rings. The number of amides is 1. The molecule has 1 aliphatic carbocycles. The summed E-state index contributed by atoms with van der Waals surface area (Å²) in [5.41, 5.74) is 2.22. The molecule has 1 aromatic carbocycles. The number of anilines is 1. The fourth-order valence-corrected chi connectivity index (χ4v) is 5.49. The highest BCUT2D eigenvalue weighted by Gasteiger charge is 2.26. The maximum atomic E-state index is 12.8. The number of aryl methyl sites for hydroxylation is 1. The fourth-order valence-electron chi connectivity index (χ4n) is 3.38. The van der Waals surface area contributed by atoms with Crippen molar-refractivity contribution in [1.82, 2.24) is 0 Å². The zero-order valence-electron chi connectivity index (χ0n) is 16.7. The molecule has 0 unspecified atom stereocenters. The third-order valence-electron chi connectivity index (χ3n) is 4.62. The van der Waals surface area contributed by atoms with Gasteiger partial charge in [-0.25, -0.2) is 4.79 Å². The van der Waals surface area contributed by atoms with Crippen LogP contribution in [0.25, 0.3) is 0 Å². The van der Waals surface area contributed by atoms with Gasteiger partial charge in [0.05, 0.1) is 12.2 Å². The molecule has 1 aromatic heterocycles. The summed E-state index contributed by atoms with van der Waals surface area (Å²) in [5.74, 6) is -0.524. The van der Waals surface area contributed by atoms with Gasteiger partial charge in [0.25, 0.3) is 5.91 Å². The lowest BCUT2D eigenvalue weighted by molar-refractivity contribution is 0.0527. The minimum Gasteiger partial charge on any atom is -0.462 e. The first-order valence-electron chi connectivity index (χ1n) is 9.89. The number of fused-ring (bicyclic) bond motifs is 1. The highest BCUT2D eigenvalue weighted by atomic mass is 32.2. The zero-order chi connectivity index (χ0) is 20.1. The van der Waals surface area contributed by atoms with Crippen LogP contribution < -0.4 is 5.32 Å². The zero-order valence-corrected chi connectivity index (χ0v) is 18.3. The highest BCUT2D eigenvalue weighted by molar-refractivity contribution is 7.99. The van der Waals surface area contributed by atoms with E-state index in [-0.39, 0.29) is 11.9 Å². The number of carbonyl (C=O) groups excluding carboxylic acids is 2. The van der Waals surface area contributed by atoms with Crippen molar-refractivity contribution in [2.24, 2.45) is 0 Å². The molecule has 0 bridgehead atoms. The average Bonchev–Trinajstić information content (AvgIpc) is 2.82. The predicted molar refractivity (Wildman–Crippen MR) is 117 cm³/mol. The van der Waals surface area contributed by atoms with Crippen LogP contribution in [-0.4, -0.2) is 23.7 Å². The summed E-state index contributed by atoms with van der Waals surface area (Å²) in [7, 11) is 0. The van der Waals surface area contributed by atoms with Crippen molar-refractivity contribution in [3.8, 4) is 0 Å². The van der Waals surface area contributed by atoms with Gasteiger partial charge >= 0.3 is 5.97 Å². The van der Waals surface area contributed by atoms with E-state index >= 15 is 0 Å². The number of nitrogens with one attached hydrogen (secondary N) is 1. The van der Waals surface area contributed by atoms with Crippen LogP contribution in [0.2, 0.25) is 0 Å². The van der Waals surface area contributed by atoms with Gasteiger partial charge in [-0.05, 0) is 62.4 Å². The van der Waals surface area contributed by atoms with E-state index in [9.17, 15) is 9.59 Å². The van der Waals surface area contributed by atoms with Crippen molar-refractivity contribution in [2.45, 2.75) is 63.0 Å². The van der Waals surface area contributed by atoms with Crippen LogP contribution in [0.4, 0.5) is 5.00 Å². The summed E-state index contributed by atoms with van der Waals surface area (Å²) >= 11 is 3.29. The van der Waals surface area contributed by atoms with Crippen LogP contribution in [0.3, 0.4) is 0 Å². The molecule has 0 fully saturated rings. The third-order valence-corrected chi connectivity index (χ3v) is 6.84. The van der Waals surface area contributed by atoms with Crippen LogP contribution >= 0.6 is 23.1 Å². The molecule has 0 atom stereocenters. The number of hydrogen-bond donors (Lipinski definition) is 1. The number of ether oxygens (including phenoxy) is 1. The summed E-state index contributed by atoms with van der Waals surface area (Å²) in [5, 5.41) is 4.09. The summed E-state index contributed by atoms with van der Waals surface area (Å²) in [4.78, 5) is 27.8. The Morgan fingerprint density at radius 1 is 1.14 bits per heavy atom. The van der Waals surface area contributed by atoms with Crippen molar-refractivity contribution in [2.75, 3.05) is 11.9 Å². The van der Waals surface area contributed by atoms with Gasteiger partial charge in [0.2, 0.25) is 0 Å². The van der Waals surface area contributed by atoms with Gasteiger partial charge in [0, 0.05) is 20.6 Å².